The van der Waals surface area contributed by atoms with Crippen LogP contribution in [0.4, 0.5) is 26.3 Å². The Balaban J connectivity index is 2.82. The SMILES string of the molecule is N[C@H](CC(F)(F)F)c1cccc(OC(F)(F)F)c1. The van der Waals surface area contributed by atoms with Crippen LogP contribution in [0.15, 0.2) is 24.3 Å². The first-order valence-corrected chi connectivity index (χ1v) is 4.75. The highest BCUT2D eigenvalue weighted by Gasteiger charge is 2.33. The molecule has 0 fully saturated rings. The van der Waals surface area contributed by atoms with E-state index in [0.717, 1.165) is 18.2 Å². The molecule has 0 spiro atoms. The minimum absolute atomic E-state index is 0.0749. The predicted molar refractivity (Wildman–Crippen MR) is 50.7 cm³/mol. The largest absolute Gasteiger partial charge is 0.573 e. The summed E-state index contributed by atoms with van der Waals surface area (Å²) >= 11 is 0. The predicted octanol–water partition coefficient (Wildman–Crippen LogP) is 3.54. The molecular weight excluding hydrogens is 264 g/mol. The fourth-order valence-electron chi connectivity index (χ4n) is 1.31. The molecular formula is C10H9F6NO. The molecule has 8 heteroatoms. The smallest absolute Gasteiger partial charge is 0.406 e. The van der Waals surface area contributed by atoms with Gasteiger partial charge in [-0.2, -0.15) is 13.2 Å². The van der Waals surface area contributed by atoms with Gasteiger partial charge in [0.2, 0.25) is 0 Å². The van der Waals surface area contributed by atoms with Crippen LogP contribution in [-0.2, 0) is 0 Å². The van der Waals surface area contributed by atoms with Crippen molar-refractivity contribution in [3.63, 3.8) is 0 Å². The summed E-state index contributed by atoms with van der Waals surface area (Å²) in [7, 11) is 0. The molecule has 1 aromatic carbocycles. The van der Waals surface area contributed by atoms with Crippen LogP contribution in [0.2, 0.25) is 0 Å². The van der Waals surface area contributed by atoms with E-state index in [9.17, 15) is 26.3 Å². The van der Waals surface area contributed by atoms with E-state index in [1.54, 1.807) is 0 Å². The quantitative estimate of drug-likeness (QED) is 0.855. The molecule has 102 valence electrons. The fourth-order valence-corrected chi connectivity index (χ4v) is 1.31. The number of hydrogen-bond donors (Lipinski definition) is 1. The first-order chi connectivity index (χ1) is 8.07. The summed E-state index contributed by atoms with van der Waals surface area (Å²) in [4.78, 5) is 0. The van der Waals surface area contributed by atoms with Gasteiger partial charge >= 0.3 is 12.5 Å². The Morgan fingerprint density at radius 3 is 2.22 bits per heavy atom. The van der Waals surface area contributed by atoms with Gasteiger partial charge < -0.3 is 10.5 Å². The van der Waals surface area contributed by atoms with Crippen LogP contribution in [0.1, 0.15) is 18.0 Å². The Hall–Kier alpha value is -1.44. The van der Waals surface area contributed by atoms with Crippen LogP contribution in [-0.4, -0.2) is 12.5 Å². The van der Waals surface area contributed by atoms with Crippen LogP contribution in [0.25, 0.3) is 0 Å². The van der Waals surface area contributed by atoms with Crippen LogP contribution in [0.3, 0.4) is 0 Å². The van der Waals surface area contributed by atoms with Gasteiger partial charge in [0.15, 0.2) is 0 Å². The number of ether oxygens (including phenoxy) is 1. The van der Waals surface area contributed by atoms with Gasteiger partial charge in [0.05, 0.1) is 6.42 Å². The summed E-state index contributed by atoms with van der Waals surface area (Å²) in [5, 5.41) is 0. The van der Waals surface area contributed by atoms with E-state index in [2.05, 4.69) is 4.74 Å². The zero-order valence-corrected chi connectivity index (χ0v) is 8.85. The maximum Gasteiger partial charge on any atom is 0.573 e. The van der Waals surface area contributed by atoms with Crippen molar-refractivity contribution in [3.8, 4) is 5.75 Å². The van der Waals surface area contributed by atoms with Crippen molar-refractivity contribution in [3.05, 3.63) is 29.8 Å². The second-order valence-corrected chi connectivity index (χ2v) is 3.55. The monoisotopic (exact) mass is 273 g/mol. The Bertz CT molecular complexity index is 400. The van der Waals surface area contributed by atoms with Crippen LogP contribution in [0.5, 0.6) is 5.75 Å². The standard InChI is InChI=1S/C10H9F6NO/c11-9(12,13)5-8(17)6-2-1-3-7(4-6)18-10(14,15)16/h1-4,8H,5,17H2/t8-/m1/s1. The minimum atomic E-state index is -4.90. The van der Waals surface area contributed by atoms with Crippen molar-refractivity contribution in [1.82, 2.24) is 0 Å². The van der Waals surface area contributed by atoms with E-state index in [1.165, 1.54) is 6.07 Å². The first-order valence-electron chi connectivity index (χ1n) is 4.75. The van der Waals surface area contributed by atoms with E-state index in [0.29, 0.717) is 0 Å². The highest BCUT2D eigenvalue weighted by Crippen LogP contribution is 2.30. The maximum atomic E-state index is 12.1. The summed E-state index contributed by atoms with van der Waals surface area (Å²) in [5.74, 6) is -0.599. The fraction of sp³-hybridized carbons (Fsp3) is 0.400. The molecule has 0 saturated heterocycles. The molecule has 0 unspecified atom stereocenters. The number of rotatable bonds is 3. The van der Waals surface area contributed by atoms with Crippen molar-refractivity contribution in [2.24, 2.45) is 5.73 Å². The molecule has 0 aromatic heterocycles. The van der Waals surface area contributed by atoms with Gasteiger partial charge in [-0.1, -0.05) is 12.1 Å². The molecule has 0 radical (unpaired) electrons. The lowest BCUT2D eigenvalue weighted by Gasteiger charge is -2.16. The molecule has 2 N–H and O–H groups in total. The van der Waals surface area contributed by atoms with Crippen molar-refractivity contribution >= 4 is 0 Å². The summed E-state index contributed by atoms with van der Waals surface area (Å²) in [6.45, 7) is 0. The summed E-state index contributed by atoms with van der Waals surface area (Å²) in [6.07, 6.45) is -10.7. The molecule has 1 rings (SSSR count). The number of alkyl halides is 6. The normalized spacial score (nSPS) is 14.4. The molecule has 18 heavy (non-hydrogen) atoms. The third-order valence-electron chi connectivity index (χ3n) is 1.97. The Morgan fingerprint density at radius 1 is 1.11 bits per heavy atom. The molecule has 1 aromatic rings. The van der Waals surface area contributed by atoms with Crippen LogP contribution < -0.4 is 10.5 Å². The average molecular weight is 273 g/mol. The molecule has 0 saturated carbocycles. The molecule has 1 atom stereocenters. The highest BCUT2D eigenvalue weighted by atomic mass is 19.4. The Labute approximate surface area is 98.3 Å². The van der Waals surface area contributed by atoms with Crippen molar-refractivity contribution in [1.29, 1.82) is 0 Å². The van der Waals surface area contributed by atoms with Gasteiger partial charge in [-0.15, -0.1) is 13.2 Å². The molecule has 0 heterocycles. The lowest BCUT2D eigenvalue weighted by Crippen LogP contribution is -2.21. The maximum absolute atomic E-state index is 12.1. The molecule has 0 bridgehead atoms. The summed E-state index contributed by atoms with van der Waals surface area (Å²) < 4.78 is 75.5. The number of benzene rings is 1. The van der Waals surface area contributed by atoms with E-state index >= 15 is 0 Å². The van der Waals surface area contributed by atoms with Gasteiger partial charge in [-0.05, 0) is 17.7 Å². The van der Waals surface area contributed by atoms with E-state index in [4.69, 9.17) is 5.73 Å². The van der Waals surface area contributed by atoms with Gasteiger partial charge in [0.25, 0.3) is 0 Å². The van der Waals surface area contributed by atoms with Crippen molar-refractivity contribution < 1.29 is 31.1 Å². The van der Waals surface area contributed by atoms with E-state index < -0.39 is 30.8 Å². The van der Waals surface area contributed by atoms with E-state index in [1.807, 2.05) is 0 Å². The Morgan fingerprint density at radius 2 is 1.72 bits per heavy atom. The molecule has 0 aliphatic carbocycles. The molecule has 0 aliphatic heterocycles. The van der Waals surface area contributed by atoms with Gasteiger partial charge in [-0.25, -0.2) is 0 Å². The molecule has 0 amide bonds. The third kappa shape index (κ3) is 5.26. The van der Waals surface area contributed by atoms with Gasteiger partial charge in [0, 0.05) is 6.04 Å². The number of halogens is 6. The minimum Gasteiger partial charge on any atom is -0.406 e. The zero-order chi connectivity index (χ0) is 14.0. The van der Waals surface area contributed by atoms with Crippen LogP contribution >= 0.6 is 0 Å². The lowest BCUT2D eigenvalue weighted by molar-refractivity contribution is -0.274. The van der Waals surface area contributed by atoms with Crippen molar-refractivity contribution in [2.75, 3.05) is 0 Å². The first kappa shape index (κ1) is 14.6. The highest BCUT2D eigenvalue weighted by molar-refractivity contribution is 5.30. The second-order valence-electron chi connectivity index (χ2n) is 3.55. The topological polar surface area (TPSA) is 35.2 Å². The number of hydrogen-bond acceptors (Lipinski definition) is 2. The van der Waals surface area contributed by atoms with Crippen LogP contribution in [0, 0.1) is 0 Å². The average Bonchev–Trinajstić information content (AvgIpc) is 2.12. The Kier molecular flexibility index (Phi) is 4.10. The molecule has 2 nitrogen and oxygen atoms in total. The van der Waals surface area contributed by atoms with Gasteiger partial charge in [0.1, 0.15) is 5.75 Å². The van der Waals surface area contributed by atoms with Gasteiger partial charge in [-0.3, -0.25) is 0 Å². The lowest BCUT2D eigenvalue weighted by atomic mass is 10.0. The molecule has 0 aliphatic rings. The third-order valence-corrected chi connectivity index (χ3v) is 1.97. The van der Waals surface area contributed by atoms with Crippen molar-refractivity contribution in [2.45, 2.75) is 25.0 Å². The van der Waals surface area contributed by atoms with E-state index in [-0.39, 0.29) is 5.56 Å². The summed E-state index contributed by atoms with van der Waals surface area (Å²) in [6, 6.07) is 2.75. The summed E-state index contributed by atoms with van der Waals surface area (Å²) in [5.41, 5.74) is 5.18. The number of nitrogens with two attached hydrogens (primary N) is 1. The zero-order valence-electron chi connectivity index (χ0n) is 8.85. The second kappa shape index (κ2) is 5.05.